The Bertz CT molecular complexity index is 486. The Morgan fingerprint density at radius 2 is 1.96 bits per heavy atom. The molecule has 1 aromatic rings. The monoisotopic (exact) mass is 341 g/mol. The Labute approximate surface area is 144 Å². The molecule has 2 heterocycles. The lowest BCUT2D eigenvalue weighted by atomic mass is 10.1. The number of piperazine rings is 1. The first kappa shape index (κ1) is 19.7. The smallest absolute Gasteiger partial charge is 0.237 e. The van der Waals surface area contributed by atoms with E-state index in [9.17, 15) is 4.79 Å². The average Bonchev–Trinajstić information content (AvgIpc) is 2.53. The number of carbonyl (C=O) groups is 1. The summed E-state index contributed by atoms with van der Waals surface area (Å²) >= 11 is 0. The first-order valence-corrected chi connectivity index (χ1v) is 7.89. The van der Waals surface area contributed by atoms with Crippen LogP contribution >= 0.6 is 12.4 Å². The van der Waals surface area contributed by atoms with Crippen molar-refractivity contribution in [3.63, 3.8) is 0 Å². The topological polar surface area (TPSA) is 74.5 Å². The molecule has 0 radical (unpaired) electrons. The minimum atomic E-state index is -0.461. The normalized spacial score (nSPS) is 16.8. The van der Waals surface area contributed by atoms with Gasteiger partial charge in [0.05, 0.1) is 6.04 Å². The molecule has 2 rings (SSSR count). The number of rotatable bonds is 5. The van der Waals surface area contributed by atoms with Crippen molar-refractivity contribution in [2.75, 3.05) is 38.1 Å². The molecule has 0 aliphatic carbocycles. The summed E-state index contributed by atoms with van der Waals surface area (Å²) in [5.74, 6) is 1.03. The Hall–Kier alpha value is -1.37. The molecule has 1 aliphatic heterocycles. The van der Waals surface area contributed by atoms with Crippen molar-refractivity contribution in [2.45, 2.75) is 26.4 Å². The van der Waals surface area contributed by atoms with Crippen LogP contribution in [-0.4, -0.2) is 55.1 Å². The maximum atomic E-state index is 11.8. The summed E-state index contributed by atoms with van der Waals surface area (Å²) in [6.07, 6.45) is 1.83. The van der Waals surface area contributed by atoms with Crippen LogP contribution < -0.4 is 16.0 Å². The van der Waals surface area contributed by atoms with Gasteiger partial charge in [0.2, 0.25) is 5.91 Å². The van der Waals surface area contributed by atoms with Gasteiger partial charge >= 0.3 is 0 Å². The lowest BCUT2D eigenvalue weighted by molar-refractivity contribution is -0.123. The second-order valence-electron chi connectivity index (χ2n) is 6.30. The molecule has 6 nitrogen and oxygen atoms in total. The second-order valence-corrected chi connectivity index (χ2v) is 6.30. The highest BCUT2D eigenvalue weighted by atomic mass is 35.5. The fourth-order valence-corrected chi connectivity index (χ4v) is 2.35. The molecular formula is C16H28ClN5O. The highest BCUT2D eigenvalue weighted by Gasteiger charge is 2.17. The lowest BCUT2D eigenvalue weighted by Crippen LogP contribution is -2.44. The van der Waals surface area contributed by atoms with Crippen molar-refractivity contribution in [1.82, 2.24) is 15.2 Å². The third-order valence-corrected chi connectivity index (χ3v) is 4.12. The summed E-state index contributed by atoms with van der Waals surface area (Å²) < 4.78 is 0. The van der Waals surface area contributed by atoms with Crippen LogP contribution in [-0.2, 0) is 11.3 Å². The fraction of sp³-hybridized carbons (Fsp3) is 0.625. The van der Waals surface area contributed by atoms with Crippen molar-refractivity contribution < 1.29 is 4.79 Å². The van der Waals surface area contributed by atoms with Crippen molar-refractivity contribution in [3.05, 3.63) is 23.9 Å². The van der Waals surface area contributed by atoms with Crippen molar-refractivity contribution in [3.8, 4) is 0 Å². The summed E-state index contributed by atoms with van der Waals surface area (Å²) in [6.45, 7) is 8.48. The second kappa shape index (κ2) is 9.05. The SMILES string of the molecule is CC(C)[C@H](N)C(=O)NCc1ccc(N2CCN(C)CC2)nc1.Cl. The predicted octanol–water partition coefficient (Wildman–Crippen LogP) is 0.855. The number of halogens is 1. The molecule has 0 saturated carbocycles. The van der Waals surface area contributed by atoms with Gasteiger partial charge in [0, 0.05) is 38.9 Å². The molecule has 0 bridgehead atoms. The number of nitrogens with two attached hydrogens (primary N) is 1. The van der Waals surface area contributed by atoms with Gasteiger partial charge in [-0.1, -0.05) is 19.9 Å². The summed E-state index contributed by atoms with van der Waals surface area (Å²) in [5, 5.41) is 2.86. The zero-order chi connectivity index (χ0) is 16.1. The molecule has 0 spiro atoms. The summed E-state index contributed by atoms with van der Waals surface area (Å²) in [4.78, 5) is 21.0. The molecule has 1 aromatic heterocycles. The van der Waals surface area contributed by atoms with Crippen LogP contribution in [0.15, 0.2) is 18.3 Å². The summed E-state index contributed by atoms with van der Waals surface area (Å²) in [7, 11) is 2.14. The van der Waals surface area contributed by atoms with Crippen LogP contribution in [0, 0.1) is 5.92 Å². The lowest BCUT2D eigenvalue weighted by Gasteiger charge is -2.33. The van der Waals surface area contributed by atoms with Crippen LogP contribution in [0.5, 0.6) is 0 Å². The molecule has 1 amide bonds. The van der Waals surface area contributed by atoms with Gasteiger partial charge in [-0.3, -0.25) is 4.79 Å². The van der Waals surface area contributed by atoms with E-state index in [-0.39, 0.29) is 24.2 Å². The maximum Gasteiger partial charge on any atom is 0.237 e. The van der Waals surface area contributed by atoms with E-state index in [1.54, 1.807) is 0 Å². The number of nitrogens with one attached hydrogen (secondary N) is 1. The predicted molar refractivity (Wildman–Crippen MR) is 95.9 cm³/mol. The number of carbonyl (C=O) groups excluding carboxylic acids is 1. The number of nitrogens with zero attached hydrogens (tertiary/aromatic N) is 3. The van der Waals surface area contributed by atoms with Crippen LogP contribution in [0.1, 0.15) is 19.4 Å². The van der Waals surface area contributed by atoms with Crippen LogP contribution in [0.4, 0.5) is 5.82 Å². The van der Waals surface area contributed by atoms with Gasteiger partial charge in [-0.05, 0) is 24.6 Å². The van der Waals surface area contributed by atoms with Crippen molar-refractivity contribution >= 4 is 24.1 Å². The van der Waals surface area contributed by atoms with E-state index in [0.717, 1.165) is 37.6 Å². The first-order valence-electron chi connectivity index (χ1n) is 7.89. The summed E-state index contributed by atoms with van der Waals surface area (Å²) in [5.41, 5.74) is 6.81. The van der Waals surface area contributed by atoms with Crippen LogP contribution in [0.3, 0.4) is 0 Å². The van der Waals surface area contributed by atoms with Crippen LogP contribution in [0.25, 0.3) is 0 Å². The molecule has 7 heteroatoms. The van der Waals surface area contributed by atoms with Gasteiger partial charge in [0.25, 0.3) is 0 Å². The number of amides is 1. The van der Waals surface area contributed by atoms with Crippen LogP contribution in [0.2, 0.25) is 0 Å². The molecule has 1 atom stereocenters. The molecule has 0 unspecified atom stereocenters. The molecule has 0 aromatic carbocycles. The third kappa shape index (κ3) is 5.64. The molecule has 1 fully saturated rings. The quantitative estimate of drug-likeness (QED) is 0.830. The molecular weight excluding hydrogens is 314 g/mol. The Morgan fingerprint density at radius 1 is 1.30 bits per heavy atom. The number of anilines is 1. The van der Waals surface area contributed by atoms with E-state index in [2.05, 4.69) is 27.1 Å². The molecule has 3 N–H and O–H groups in total. The van der Waals surface area contributed by atoms with E-state index in [1.165, 1.54) is 0 Å². The van der Waals surface area contributed by atoms with Gasteiger partial charge < -0.3 is 20.9 Å². The van der Waals surface area contributed by atoms with E-state index < -0.39 is 6.04 Å². The standard InChI is InChI=1S/C16H27N5O.ClH/c1-12(2)15(17)16(22)19-11-13-4-5-14(18-10-13)21-8-6-20(3)7-9-21;/h4-5,10,12,15H,6-9,11,17H2,1-3H3,(H,19,22);1H/t15-;/m0./s1. The van der Waals surface area contributed by atoms with Gasteiger partial charge in [-0.25, -0.2) is 4.98 Å². The average molecular weight is 342 g/mol. The third-order valence-electron chi connectivity index (χ3n) is 4.12. The maximum absolute atomic E-state index is 11.8. The van der Waals surface area contributed by atoms with Crippen molar-refractivity contribution in [1.29, 1.82) is 0 Å². The molecule has 1 saturated heterocycles. The number of aromatic nitrogens is 1. The Morgan fingerprint density at radius 3 is 2.48 bits per heavy atom. The van der Waals surface area contributed by atoms with Gasteiger partial charge in [-0.2, -0.15) is 0 Å². The number of hydrogen-bond acceptors (Lipinski definition) is 5. The number of hydrogen-bond donors (Lipinski definition) is 2. The zero-order valence-corrected chi connectivity index (χ0v) is 15.0. The number of likely N-dealkylation sites (N-methyl/N-ethyl adjacent to an activating group) is 1. The fourth-order valence-electron chi connectivity index (χ4n) is 2.35. The highest BCUT2D eigenvalue weighted by Crippen LogP contribution is 2.13. The molecule has 1 aliphatic rings. The molecule has 130 valence electrons. The largest absolute Gasteiger partial charge is 0.354 e. The minimum absolute atomic E-state index is 0. The Balaban J connectivity index is 0.00000264. The molecule has 23 heavy (non-hydrogen) atoms. The van der Waals surface area contributed by atoms with Gasteiger partial charge in [0.15, 0.2) is 0 Å². The van der Waals surface area contributed by atoms with Crippen molar-refractivity contribution in [2.24, 2.45) is 11.7 Å². The zero-order valence-electron chi connectivity index (χ0n) is 14.2. The number of pyridine rings is 1. The summed E-state index contributed by atoms with van der Waals surface area (Å²) in [6, 6.07) is 3.58. The van der Waals surface area contributed by atoms with Gasteiger partial charge in [-0.15, -0.1) is 12.4 Å². The van der Waals surface area contributed by atoms with Gasteiger partial charge in [0.1, 0.15) is 5.82 Å². The Kier molecular flexibility index (Phi) is 7.75. The first-order chi connectivity index (χ1) is 10.5. The van der Waals surface area contributed by atoms with E-state index in [1.807, 2.05) is 32.2 Å². The highest BCUT2D eigenvalue weighted by molar-refractivity contribution is 5.85. The van der Waals surface area contributed by atoms with E-state index in [4.69, 9.17) is 5.73 Å². The van der Waals surface area contributed by atoms with E-state index >= 15 is 0 Å². The van der Waals surface area contributed by atoms with E-state index in [0.29, 0.717) is 6.54 Å². The minimum Gasteiger partial charge on any atom is -0.354 e.